The molecule has 2 aromatic carbocycles. The number of hydrogen-bond acceptors (Lipinski definition) is 1. The summed E-state index contributed by atoms with van der Waals surface area (Å²) >= 11 is 6.32. The SMILES string of the molecule is C[Si](C)(C)N=[C-]N(Cc1ccccc1)[Si](C)(C)C.[Br][Zr+2][Br].c1cc[cH-]c1. The molecule has 0 aliphatic heterocycles. The van der Waals surface area contributed by atoms with Crippen LogP contribution in [0.3, 0.4) is 0 Å². The standard InChI is InChI=1S/C14H25N2Si2.C5H5.2BrH.Zr/c1-17(2,3)15-13-16(18(4,5)6)12-14-10-8-7-9-11-14;1-2-4-5-3-1;;;/h7-11H,12H2,1-6H3;1-5H;2*1H;/q2*-1;;;+4/p-2. The molecule has 0 aliphatic rings. The molecule has 2 aromatic rings. The first-order valence-corrected chi connectivity index (χ1v) is 26.7. The van der Waals surface area contributed by atoms with Crippen LogP contribution < -0.4 is 0 Å². The maximum atomic E-state index is 4.67. The first kappa shape index (κ1) is 26.3. The average Bonchev–Trinajstić information content (AvgIpc) is 3.11. The fourth-order valence-corrected chi connectivity index (χ4v) is 3.25. The van der Waals surface area contributed by atoms with E-state index in [2.05, 4.69) is 110 Å². The minimum absolute atomic E-state index is 0.145. The van der Waals surface area contributed by atoms with Crippen LogP contribution in [-0.2, 0) is 25.1 Å². The predicted molar refractivity (Wildman–Crippen MR) is 126 cm³/mol. The number of hydrogen-bond donors (Lipinski definition) is 0. The van der Waals surface area contributed by atoms with E-state index >= 15 is 0 Å². The summed E-state index contributed by atoms with van der Waals surface area (Å²) in [5.74, 6) is 0. The average molecular weight is 594 g/mol. The van der Waals surface area contributed by atoms with Crippen LogP contribution >= 0.6 is 24.4 Å². The molecule has 2 nitrogen and oxygen atoms in total. The largest absolute Gasteiger partial charge is 0.214 e. The van der Waals surface area contributed by atoms with Crippen LogP contribution in [0, 0.1) is 0 Å². The van der Waals surface area contributed by atoms with E-state index in [0.717, 1.165) is 6.54 Å². The van der Waals surface area contributed by atoms with Crippen molar-refractivity contribution in [3.05, 3.63) is 66.2 Å². The van der Waals surface area contributed by atoms with E-state index in [1.165, 1.54) is 5.56 Å². The Morgan fingerprint density at radius 3 is 1.81 bits per heavy atom. The van der Waals surface area contributed by atoms with Gasteiger partial charge in [-0.15, -0.1) is 0 Å². The molecule has 0 aliphatic carbocycles. The molecule has 0 aromatic heterocycles. The fourth-order valence-electron chi connectivity index (χ4n) is 1.72. The summed E-state index contributed by atoms with van der Waals surface area (Å²) in [5.41, 5.74) is 1.33. The Labute approximate surface area is 185 Å². The van der Waals surface area contributed by atoms with Crippen molar-refractivity contribution in [2.45, 2.75) is 45.8 Å². The second kappa shape index (κ2) is 14.3. The molecule has 142 valence electrons. The maximum Gasteiger partial charge on any atom is -0.172 e. The Morgan fingerprint density at radius 1 is 0.962 bits per heavy atom. The van der Waals surface area contributed by atoms with Crippen molar-refractivity contribution >= 4 is 47.2 Å². The molecule has 0 bridgehead atoms. The van der Waals surface area contributed by atoms with Gasteiger partial charge in [0.15, 0.2) is 0 Å². The Hall–Kier alpha value is 0.317. The van der Waals surface area contributed by atoms with Crippen LogP contribution in [0.1, 0.15) is 5.56 Å². The van der Waals surface area contributed by atoms with Crippen LogP contribution in [0.5, 0.6) is 0 Å². The van der Waals surface area contributed by atoms with Crippen molar-refractivity contribution < 1.29 is 18.5 Å². The zero-order valence-corrected chi connectivity index (χ0v) is 24.3. The molecule has 0 atom stereocenters. The van der Waals surface area contributed by atoms with Gasteiger partial charge in [0.05, 0.1) is 0 Å². The molecule has 0 saturated heterocycles. The molecule has 0 radical (unpaired) electrons. The Kier molecular flexibility index (Phi) is 14.5. The quantitative estimate of drug-likeness (QED) is 0.118. The third-order valence-electron chi connectivity index (χ3n) is 3.05. The molecule has 7 heteroatoms. The van der Waals surface area contributed by atoms with Crippen LogP contribution in [0.2, 0.25) is 39.3 Å². The number of nitrogens with zero attached hydrogens (tertiary/aromatic N) is 2. The molecular weight excluding hydrogens is 563 g/mol. The molecule has 0 heterocycles. The molecule has 0 saturated carbocycles. The summed E-state index contributed by atoms with van der Waals surface area (Å²) in [7, 11) is -2.84. The van der Waals surface area contributed by atoms with E-state index in [-0.39, 0.29) is 18.5 Å². The Morgan fingerprint density at radius 2 is 1.46 bits per heavy atom. The minimum atomic E-state index is -1.42. The second-order valence-electron chi connectivity index (χ2n) is 7.66. The summed E-state index contributed by atoms with van der Waals surface area (Å²) in [5, 5.41) is 0. The third-order valence-corrected chi connectivity index (χ3v) is 5.70. The van der Waals surface area contributed by atoms with Gasteiger partial charge in [0, 0.05) is 6.54 Å². The van der Waals surface area contributed by atoms with E-state index < -0.39 is 16.5 Å². The van der Waals surface area contributed by atoms with Gasteiger partial charge in [-0.1, -0.05) is 69.6 Å². The Bertz CT molecular complexity index is 563. The van der Waals surface area contributed by atoms with Gasteiger partial charge in [-0.3, -0.25) is 0 Å². The summed E-state index contributed by atoms with van der Waals surface area (Å²) in [6.45, 7) is 14.7. The smallest absolute Gasteiger partial charge is 0.172 e. The first-order valence-electron chi connectivity index (χ1n) is 8.52. The predicted octanol–water partition coefficient (Wildman–Crippen LogP) is 7.16. The van der Waals surface area contributed by atoms with Crippen LogP contribution in [0.15, 0.2) is 65.3 Å². The Balaban J connectivity index is 0.000000644. The van der Waals surface area contributed by atoms with Crippen molar-refractivity contribution in [1.29, 1.82) is 0 Å². The van der Waals surface area contributed by atoms with Gasteiger partial charge in [-0.25, -0.2) is 12.1 Å². The number of rotatable bonds is 5. The van der Waals surface area contributed by atoms with Crippen molar-refractivity contribution in [3.8, 4) is 0 Å². The van der Waals surface area contributed by atoms with Gasteiger partial charge in [0.1, 0.15) is 16.5 Å². The molecule has 26 heavy (non-hydrogen) atoms. The van der Waals surface area contributed by atoms with E-state index in [0.29, 0.717) is 0 Å². The molecule has 2 rings (SSSR count). The van der Waals surface area contributed by atoms with Crippen molar-refractivity contribution in [3.63, 3.8) is 0 Å². The van der Waals surface area contributed by atoms with Crippen molar-refractivity contribution in [2.75, 3.05) is 0 Å². The van der Waals surface area contributed by atoms with E-state index in [9.17, 15) is 0 Å². The van der Waals surface area contributed by atoms with Crippen LogP contribution in [-0.4, -0.2) is 27.4 Å². The zero-order chi connectivity index (χ0) is 20.1. The topological polar surface area (TPSA) is 15.6 Å². The first-order chi connectivity index (χ1) is 12.1. The second-order valence-corrected chi connectivity index (χ2v) is 28.4. The van der Waals surface area contributed by atoms with Gasteiger partial charge >= 0.3 is 43.0 Å². The summed E-state index contributed by atoms with van der Waals surface area (Å²) in [6, 6.07) is 20.6. The minimum Gasteiger partial charge on any atom is -0.214 e. The van der Waals surface area contributed by atoms with E-state index in [1.54, 1.807) is 0 Å². The molecule has 0 spiro atoms. The van der Waals surface area contributed by atoms with Gasteiger partial charge in [0.25, 0.3) is 0 Å². The number of benzene rings is 1. The molecule has 0 N–H and O–H groups in total. The van der Waals surface area contributed by atoms with Gasteiger partial charge in [-0.05, 0) is 5.56 Å². The fraction of sp³-hybridized carbons (Fsp3) is 0.368. The third kappa shape index (κ3) is 15.4. The molecule has 0 amide bonds. The van der Waals surface area contributed by atoms with Crippen molar-refractivity contribution in [1.82, 2.24) is 4.57 Å². The van der Waals surface area contributed by atoms with Crippen molar-refractivity contribution in [2.24, 2.45) is 4.66 Å². The normalized spacial score (nSPS) is 10.9. The summed E-state index contributed by atoms with van der Waals surface area (Å²) in [6.07, 6.45) is 3.33. The van der Waals surface area contributed by atoms with Crippen LogP contribution in [0.4, 0.5) is 0 Å². The molecule has 0 fully saturated rings. The van der Waals surface area contributed by atoms with E-state index in [4.69, 9.17) is 0 Å². The van der Waals surface area contributed by atoms with E-state index in [1.807, 2.05) is 30.3 Å². The number of halogens is 2. The monoisotopic (exact) mass is 590 g/mol. The van der Waals surface area contributed by atoms with Gasteiger partial charge < -0.3 is 15.6 Å². The summed E-state index contributed by atoms with van der Waals surface area (Å²) < 4.78 is 7.00. The van der Waals surface area contributed by atoms with Gasteiger partial charge in [0.2, 0.25) is 0 Å². The van der Waals surface area contributed by atoms with Gasteiger partial charge in [-0.2, -0.15) is 18.2 Å². The zero-order valence-electron chi connectivity index (χ0n) is 16.6. The molecular formula is C19H30Br2N2Si2Zr. The molecule has 0 unspecified atom stereocenters. The maximum absolute atomic E-state index is 4.67. The van der Waals surface area contributed by atoms with Crippen LogP contribution in [0.25, 0.3) is 0 Å². The summed E-state index contributed by atoms with van der Waals surface area (Å²) in [4.78, 5) is 0.